The second-order valence-corrected chi connectivity index (χ2v) is 6.30. The Kier molecular flexibility index (Phi) is 4.33. The molecule has 3 aromatic rings. The number of nitrogens with one attached hydrogen (secondary N) is 2. The van der Waals surface area contributed by atoms with Gasteiger partial charge in [-0.2, -0.15) is 0 Å². The van der Waals surface area contributed by atoms with Crippen LogP contribution in [0.1, 0.15) is 24.1 Å². The first-order valence-electron chi connectivity index (χ1n) is 8.68. The van der Waals surface area contributed by atoms with Gasteiger partial charge in [0.05, 0.1) is 6.54 Å². The number of carbonyl (C=O) groups excluding carboxylic acids is 1. The van der Waals surface area contributed by atoms with E-state index < -0.39 is 0 Å². The second kappa shape index (κ2) is 6.93. The number of hydrogen-bond donors (Lipinski definition) is 2. The molecule has 1 amide bonds. The maximum absolute atomic E-state index is 12.5. The summed E-state index contributed by atoms with van der Waals surface area (Å²) in [7, 11) is 0. The third-order valence-electron chi connectivity index (χ3n) is 4.65. The molecule has 0 spiro atoms. The fourth-order valence-corrected chi connectivity index (χ4v) is 3.39. The van der Waals surface area contributed by atoms with Crippen molar-refractivity contribution >= 4 is 22.8 Å². The summed E-state index contributed by atoms with van der Waals surface area (Å²) >= 11 is 0. The number of H-pyrrole nitrogens is 1. The minimum Gasteiger partial charge on any atom is -0.357 e. The van der Waals surface area contributed by atoms with Crippen LogP contribution in [0.5, 0.6) is 0 Å². The van der Waals surface area contributed by atoms with Gasteiger partial charge in [-0.05, 0) is 30.5 Å². The van der Waals surface area contributed by atoms with Crippen LogP contribution in [-0.4, -0.2) is 38.8 Å². The Bertz CT molecular complexity index is 874. The first-order valence-corrected chi connectivity index (χ1v) is 8.68. The van der Waals surface area contributed by atoms with Gasteiger partial charge in [-0.3, -0.25) is 4.79 Å². The first kappa shape index (κ1) is 15.6. The molecule has 0 fully saturated rings. The molecule has 1 aliphatic rings. The van der Waals surface area contributed by atoms with E-state index in [1.165, 1.54) is 16.6 Å². The smallest absolute Gasteiger partial charge is 0.222 e. The Balaban J connectivity index is 1.31. The van der Waals surface area contributed by atoms with Crippen molar-refractivity contribution in [3.8, 4) is 0 Å². The van der Waals surface area contributed by atoms with E-state index in [2.05, 4.69) is 38.5 Å². The SMILES string of the molecule is O=C(CCCNc1ncccn1)N1CCc2c([nH]c3ccccc23)C1. The first-order chi connectivity index (χ1) is 12.3. The Hall–Kier alpha value is -2.89. The van der Waals surface area contributed by atoms with Crippen LogP contribution in [0, 0.1) is 0 Å². The van der Waals surface area contributed by atoms with Crippen LogP contribution in [0.25, 0.3) is 10.9 Å². The summed E-state index contributed by atoms with van der Waals surface area (Å²) in [6, 6.07) is 10.1. The van der Waals surface area contributed by atoms with E-state index in [-0.39, 0.29) is 5.91 Å². The number of aromatic nitrogens is 3. The van der Waals surface area contributed by atoms with Crippen molar-refractivity contribution in [1.29, 1.82) is 0 Å². The third kappa shape index (κ3) is 3.33. The minimum atomic E-state index is 0.208. The van der Waals surface area contributed by atoms with E-state index in [1.807, 2.05) is 11.0 Å². The number of rotatable bonds is 5. The number of hydrogen-bond acceptors (Lipinski definition) is 4. The van der Waals surface area contributed by atoms with Crippen molar-refractivity contribution in [3.05, 3.63) is 54.0 Å². The lowest BCUT2D eigenvalue weighted by Gasteiger charge is -2.27. The van der Waals surface area contributed by atoms with Gasteiger partial charge in [0.1, 0.15) is 0 Å². The summed E-state index contributed by atoms with van der Waals surface area (Å²) in [5.74, 6) is 0.815. The maximum Gasteiger partial charge on any atom is 0.222 e. The molecule has 0 saturated carbocycles. The highest BCUT2D eigenvalue weighted by molar-refractivity contribution is 5.85. The molecule has 0 saturated heterocycles. The van der Waals surface area contributed by atoms with Crippen molar-refractivity contribution < 1.29 is 4.79 Å². The van der Waals surface area contributed by atoms with E-state index in [0.29, 0.717) is 25.5 Å². The Morgan fingerprint density at radius 2 is 2.04 bits per heavy atom. The molecule has 0 aliphatic carbocycles. The summed E-state index contributed by atoms with van der Waals surface area (Å²) < 4.78 is 0. The second-order valence-electron chi connectivity index (χ2n) is 6.30. The van der Waals surface area contributed by atoms with Crippen molar-refractivity contribution in [2.45, 2.75) is 25.8 Å². The summed E-state index contributed by atoms with van der Waals surface area (Å²) in [5.41, 5.74) is 3.70. The lowest BCUT2D eigenvalue weighted by atomic mass is 10.0. The number of aromatic amines is 1. The molecular formula is C19H21N5O. The van der Waals surface area contributed by atoms with Crippen molar-refractivity contribution in [2.75, 3.05) is 18.4 Å². The summed E-state index contributed by atoms with van der Waals surface area (Å²) in [5, 5.41) is 4.43. The van der Waals surface area contributed by atoms with Crippen LogP contribution < -0.4 is 5.32 Å². The molecule has 0 atom stereocenters. The lowest BCUT2D eigenvalue weighted by molar-refractivity contribution is -0.132. The van der Waals surface area contributed by atoms with E-state index >= 15 is 0 Å². The van der Waals surface area contributed by atoms with Crippen LogP contribution in [0.15, 0.2) is 42.7 Å². The topological polar surface area (TPSA) is 73.9 Å². The van der Waals surface area contributed by atoms with Crippen LogP contribution in [0.2, 0.25) is 0 Å². The van der Waals surface area contributed by atoms with E-state index in [0.717, 1.165) is 24.9 Å². The molecule has 6 heteroatoms. The highest BCUT2D eigenvalue weighted by atomic mass is 16.2. The predicted octanol–water partition coefficient (Wildman–Crippen LogP) is 2.73. The number of para-hydroxylation sites is 1. The number of carbonyl (C=O) groups is 1. The van der Waals surface area contributed by atoms with Gasteiger partial charge < -0.3 is 15.2 Å². The van der Waals surface area contributed by atoms with Crippen LogP contribution >= 0.6 is 0 Å². The molecule has 1 aromatic carbocycles. The molecule has 0 radical (unpaired) electrons. The van der Waals surface area contributed by atoms with Crippen molar-refractivity contribution in [1.82, 2.24) is 19.9 Å². The normalized spacial score (nSPS) is 13.7. The molecule has 128 valence electrons. The highest BCUT2D eigenvalue weighted by Gasteiger charge is 2.23. The zero-order chi connectivity index (χ0) is 17.1. The Labute approximate surface area is 146 Å². The third-order valence-corrected chi connectivity index (χ3v) is 4.65. The number of benzene rings is 1. The van der Waals surface area contributed by atoms with Gasteiger partial charge >= 0.3 is 0 Å². The average Bonchev–Trinajstić information content (AvgIpc) is 3.03. The molecule has 0 unspecified atom stereocenters. The zero-order valence-electron chi connectivity index (χ0n) is 14.0. The van der Waals surface area contributed by atoms with E-state index in [4.69, 9.17) is 0 Å². The van der Waals surface area contributed by atoms with E-state index in [9.17, 15) is 4.79 Å². The van der Waals surface area contributed by atoms with Gasteiger partial charge in [0.2, 0.25) is 11.9 Å². The van der Waals surface area contributed by atoms with Crippen molar-refractivity contribution in [2.24, 2.45) is 0 Å². The van der Waals surface area contributed by atoms with Gasteiger partial charge in [0, 0.05) is 48.5 Å². The summed E-state index contributed by atoms with van der Waals surface area (Å²) in [6.07, 6.45) is 5.63. The molecule has 2 aromatic heterocycles. The maximum atomic E-state index is 12.5. The van der Waals surface area contributed by atoms with Gasteiger partial charge in [0.25, 0.3) is 0 Å². The predicted molar refractivity (Wildman–Crippen MR) is 97.2 cm³/mol. The van der Waals surface area contributed by atoms with Gasteiger partial charge in [-0.25, -0.2) is 9.97 Å². The molecule has 0 bridgehead atoms. The largest absolute Gasteiger partial charge is 0.357 e. The fraction of sp³-hybridized carbons (Fsp3) is 0.316. The minimum absolute atomic E-state index is 0.208. The lowest BCUT2D eigenvalue weighted by Crippen LogP contribution is -2.35. The number of nitrogens with zero attached hydrogens (tertiary/aromatic N) is 3. The average molecular weight is 335 g/mol. The number of fused-ring (bicyclic) bond motifs is 3. The van der Waals surface area contributed by atoms with Gasteiger partial charge in [0.15, 0.2) is 0 Å². The molecule has 4 rings (SSSR count). The Morgan fingerprint density at radius 3 is 2.92 bits per heavy atom. The summed E-state index contributed by atoms with van der Waals surface area (Å²) in [6.45, 7) is 2.17. The highest BCUT2D eigenvalue weighted by Crippen LogP contribution is 2.27. The zero-order valence-corrected chi connectivity index (χ0v) is 14.0. The number of amides is 1. The fourth-order valence-electron chi connectivity index (χ4n) is 3.39. The molecular weight excluding hydrogens is 314 g/mol. The molecule has 3 heterocycles. The quantitative estimate of drug-likeness (QED) is 0.703. The Morgan fingerprint density at radius 1 is 1.20 bits per heavy atom. The molecule has 6 nitrogen and oxygen atoms in total. The van der Waals surface area contributed by atoms with Crippen LogP contribution in [0.3, 0.4) is 0 Å². The standard InChI is InChI=1S/C19H21N5O/c25-18(7-3-9-20-19-21-10-4-11-22-19)24-12-8-15-14-5-1-2-6-16(14)23-17(15)13-24/h1-2,4-6,10-11,23H,3,7-9,12-13H2,(H,20,21,22). The van der Waals surface area contributed by atoms with Crippen molar-refractivity contribution in [3.63, 3.8) is 0 Å². The van der Waals surface area contributed by atoms with Crippen LogP contribution in [0.4, 0.5) is 5.95 Å². The number of anilines is 1. The molecule has 25 heavy (non-hydrogen) atoms. The van der Waals surface area contributed by atoms with E-state index in [1.54, 1.807) is 18.5 Å². The van der Waals surface area contributed by atoms with Crippen LogP contribution in [-0.2, 0) is 17.8 Å². The molecule has 2 N–H and O–H groups in total. The monoisotopic (exact) mass is 335 g/mol. The van der Waals surface area contributed by atoms with Gasteiger partial charge in [-0.1, -0.05) is 18.2 Å². The molecule has 1 aliphatic heterocycles. The van der Waals surface area contributed by atoms with Gasteiger partial charge in [-0.15, -0.1) is 0 Å². The summed E-state index contributed by atoms with van der Waals surface area (Å²) in [4.78, 5) is 26.1.